The molecular weight excluding hydrogens is 238 g/mol. The quantitative estimate of drug-likeness (QED) is 0.507. The van der Waals surface area contributed by atoms with Crippen molar-refractivity contribution in [2.45, 2.75) is 20.8 Å². The minimum atomic E-state index is -0.982. The highest BCUT2D eigenvalue weighted by molar-refractivity contribution is 5.84. The zero-order valence-electron chi connectivity index (χ0n) is 10.9. The van der Waals surface area contributed by atoms with Crippen LogP contribution in [0.25, 0.3) is 0 Å². The monoisotopic (exact) mass is 259 g/mol. The summed E-state index contributed by atoms with van der Waals surface area (Å²) in [6, 6.07) is -0.553. The number of nitrogens with one attached hydrogen (secondary N) is 3. The summed E-state index contributed by atoms with van der Waals surface area (Å²) in [5, 5.41) is 16.0. The van der Waals surface area contributed by atoms with Crippen molar-refractivity contribution in [1.29, 1.82) is 0 Å². The predicted octanol–water partition coefficient (Wildman–Crippen LogP) is -0.221. The number of carbonyl (C=O) groups is 3. The highest BCUT2D eigenvalue weighted by Gasteiger charge is 2.12. The SMILES string of the molecule is CC(C)CNC(=O)CNC(=O)NCC(C)C(=O)O. The molecular formula is C11H21N3O4. The van der Waals surface area contributed by atoms with Gasteiger partial charge in [0, 0.05) is 13.1 Å². The molecule has 0 heterocycles. The molecule has 0 aliphatic rings. The predicted molar refractivity (Wildman–Crippen MR) is 66.0 cm³/mol. The maximum absolute atomic E-state index is 11.3. The normalized spacial score (nSPS) is 11.8. The van der Waals surface area contributed by atoms with Gasteiger partial charge < -0.3 is 21.1 Å². The lowest BCUT2D eigenvalue weighted by atomic mass is 10.2. The number of amides is 3. The number of urea groups is 1. The zero-order chi connectivity index (χ0) is 14.1. The highest BCUT2D eigenvalue weighted by atomic mass is 16.4. The van der Waals surface area contributed by atoms with Crippen molar-refractivity contribution in [1.82, 2.24) is 16.0 Å². The molecule has 0 aromatic heterocycles. The molecule has 4 N–H and O–H groups in total. The van der Waals surface area contributed by atoms with E-state index in [0.717, 1.165) is 0 Å². The van der Waals surface area contributed by atoms with Crippen LogP contribution in [0.4, 0.5) is 4.79 Å². The maximum Gasteiger partial charge on any atom is 0.315 e. The number of rotatable bonds is 7. The van der Waals surface area contributed by atoms with E-state index in [1.54, 1.807) is 0 Å². The summed E-state index contributed by atoms with van der Waals surface area (Å²) in [7, 11) is 0. The molecule has 0 fully saturated rings. The Bertz CT molecular complexity index is 305. The lowest BCUT2D eigenvalue weighted by Crippen LogP contribution is -2.44. The average Bonchev–Trinajstić information content (AvgIpc) is 2.30. The second-order valence-corrected chi connectivity index (χ2v) is 4.50. The minimum Gasteiger partial charge on any atom is -0.481 e. The fourth-order valence-corrected chi connectivity index (χ4v) is 0.937. The molecule has 0 radical (unpaired) electrons. The standard InChI is InChI=1S/C11H21N3O4/c1-7(2)4-12-9(15)6-14-11(18)13-5-8(3)10(16)17/h7-8H,4-6H2,1-3H3,(H,12,15)(H,16,17)(H2,13,14,18). The van der Waals surface area contributed by atoms with E-state index < -0.39 is 17.9 Å². The van der Waals surface area contributed by atoms with E-state index in [9.17, 15) is 14.4 Å². The summed E-state index contributed by atoms with van der Waals surface area (Å²) in [4.78, 5) is 33.0. The van der Waals surface area contributed by atoms with Crippen LogP contribution in [0.1, 0.15) is 20.8 Å². The molecule has 7 nitrogen and oxygen atoms in total. The van der Waals surface area contributed by atoms with Crippen molar-refractivity contribution in [2.24, 2.45) is 11.8 Å². The zero-order valence-corrected chi connectivity index (χ0v) is 10.9. The molecule has 0 aromatic carbocycles. The molecule has 104 valence electrons. The molecule has 18 heavy (non-hydrogen) atoms. The van der Waals surface area contributed by atoms with Gasteiger partial charge in [-0.25, -0.2) is 4.79 Å². The second kappa shape index (κ2) is 8.32. The third-order valence-electron chi connectivity index (χ3n) is 2.11. The van der Waals surface area contributed by atoms with Crippen molar-refractivity contribution in [3.8, 4) is 0 Å². The van der Waals surface area contributed by atoms with Gasteiger partial charge in [0.05, 0.1) is 12.5 Å². The van der Waals surface area contributed by atoms with E-state index in [-0.39, 0.29) is 19.0 Å². The average molecular weight is 259 g/mol. The van der Waals surface area contributed by atoms with Crippen LogP contribution in [0.5, 0.6) is 0 Å². The Hall–Kier alpha value is -1.79. The fourth-order valence-electron chi connectivity index (χ4n) is 0.937. The van der Waals surface area contributed by atoms with Crippen molar-refractivity contribution >= 4 is 17.9 Å². The summed E-state index contributed by atoms with van der Waals surface area (Å²) in [5.74, 6) is -1.57. The van der Waals surface area contributed by atoms with Crippen LogP contribution in [-0.4, -0.2) is 42.6 Å². The number of hydrogen-bond donors (Lipinski definition) is 4. The summed E-state index contributed by atoms with van der Waals surface area (Å²) >= 11 is 0. The van der Waals surface area contributed by atoms with Gasteiger partial charge in [-0.3, -0.25) is 9.59 Å². The maximum atomic E-state index is 11.3. The van der Waals surface area contributed by atoms with Gasteiger partial charge in [-0.15, -0.1) is 0 Å². The van der Waals surface area contributed by atoms with Crippen molar-refractivity contribution < 1.29 is 19.5 Å². The molecule has 7 heteroatoms. The number of carbonyl (C=O) groups excluding carboxylic acids is 2. The van der Waals surface area contributed by atoms with E-state index in [2.05, 4.69) is 16.0 Å². The largest absolute Gasteiger partial charge is 0.481 e. The van der Waals surface area contributed by atoms with E-state index in [1.807, 2.05) is 13.8 Å². The van der Waals surface area contributed by atoms with E-state index in [1.165, 1.54) is 6.92 Å². The molecule has 1 atom stereocenters. The van der Waals surface area contributed by atoms with E-state index in [4.69, 9.17) is 5.11 Å². The van der Waals surface area contributed by atoms with Crippen LogP contribution in [0.3, 0.4) is 0 Å². The Morgan fingerprint density at radius 3 is 2.11 bits per heavy atom. The van der Waals surface area contributed by atoms with Crippen LogP contribution in [-0.2, 0) is 9.59 Å². The van der Waals surface area contributed by atoms with Crippen molar-refractivity contribution in [3.05, 3.63) is 0 Å². The van der Waals surface area contributed by atoms with Gasteiger partial charge in [0.15, 0.2) is 0 Å². The smallest absolute Gasteiger partial charge is 0.315 e. The molecule has 0 saturated carbocycles. The molecule has 0 rings (SSSR count). The Kier molecular flexibility index (Phi) is 7.50. The Balaban J connectivity index is 3.70. The lowest BCUT2D eigenvalue weighted by molar-refractivity contribution is -0.140. The summed E-state index contributed by atoms with van der Waals surface area (Å²) in [6.07, 6.45) is 0. The lowest BCUT2D eigenvalue weighted by Gasteiger charge is -2.10. The van der Waals surface area contributed by atoms with Gasteiger partial charge in [0.25, 0.3) is 0 Å². The number of aliphatic carboxylic acids is 1. The third-order valence-corrected chi connectivity index (χ3v) is 2.11. The third kappa shape index (κ3) is 8.37. The first-order chi connectivity index (χ1) is 8.32. The molecule has 3 amide bonds. The summed E-state index contributed by atoms with van der Waals surface area (Å²) < 4.78 is 0. The van der Waals surface area contributed by atoms with Crippen molar-refractivity contribution in [3.63, 3.8) is 0 Å². The number of carboxylic acids is 1. The second-order valence-electron chi connectivity index (χ2n) is 4.50. The van der Waals surface area contributed by atoms with E-state index in [0.29, 0.717) is 12.5 Å². The van der Waals surface area contributed by atoms with Crippen molar-refractivity contribution in [2.75, 3.05) is 19.6 Å². The van der Waals surface area contributed by atoms with Gasteiger partial charge >= 0.3 is 12.0 Å². The number of hydrogen-bond acceptors (Lipinski definition) is 3. The Morgan fingerprint density at radius 1 is 1.00 bits per heavy atom. The molecule has 0 spiro atoms. The molecule has 1 unspecified atom stereocenters. The van der Waals surface area contributed by atoms with Gasteiger partial charge in [0.1, 0.15) is 0 Å². The van der Waals surface area contributed by atoms with Crippen LogP contribution in [0.2, 0.25) is 0 Å². The van der Waals surface area contributed by atoms with Crippen LogP contribution in [0.15, 0.2) is 0 Å². The Labute approximate surface area is 106 Å². The fraction of sp³-hybridized carbons (Fsp3) is 0.727. The minimum absolute atomic E-state index is 0.0226. The van der Waals surface area contributed by atoms with Gasteiger partial charge in [-0.2, -0.15) is 0 Å². The van der Waals surface area contributed by atoms with Gasteiger partial charge in [0.2, 0.25) is 5.91 Å². The van der Waals surface area contributed by atoms with Crippen LogP contribution < -0.4 is 16.0 Å². The Morgan fingerprint density at radius 2 is 1.61 bits per heavy atom. The summed E-state index contributed by atoms with van der Waals surface area (Å²) in [5.41, 5.74) is 0. The first-order valence-corrected chi connectivity index (χ1v) is 5.84. The topological polar surface area (TPSA) is 108 Å². The van der Waals surface area contributed by atoms with Crippen LogP contribution in [0, 0.1) is 11.8 Å². The summed E-state index contributed by atoms with van der Waals surface area (Å²) in [6.45, 7) is 5.87. The molecule has 0 saturated heterocycles. The highest BCUT2D eigenvalue weighted by Crippen LogP contribution is 1.90. The van der Waals surface area contributed by atoms with Gasteiger partial charge in [-0.05, 0) is 5.92 Å². The van der Waals surface area contributed by atoms with E-state index >= 15 is 0 Å². The number of carboxylic acid groups (broad SMARTS) is 1. The molecule has 0 bridgehead atoms. The first kappa shape index (κ1) is 16.2. The molecule has 0 aliphatic heterocycles. The first-order valence-electron chi connectivity index (χ1n) is 5.84. The molecule has 0 aromatic rings. The molecule has 0 aliphatic carbocycles. The van der Waals surface area contributed by atoms with Crippen LogP contribution >= 0.6 is 0 Å². The van der Waals surface area contributed by atoms with Gasteiger partial charge in [-0.1, -0.05) is 20.8 Å².